The van der Waals surface area contributed by atoms with E-state index in [0.29, 0.717) is 17.9 Å². The molecule has 0 radical (unpaired) electrons. The Morgan fingerprint density at radius 3 is 2.45 bits per heavy atom. The summed E-state index contributed by atoms with van der Waals surface area (Å²) in [6, 6.07) is 10.8. The number of para-hydroxylation sites is 1. The van der Waals surface area contributed by atoms with Gasteiger partial charge in [-0.3, -0.25) is 25.0 Å². The van der Waals surface area contributed by atoms with Crippen LogP contribution in [0.5, 0.6) is 5.75 Å². The molecule has 3 rings (SSSR count). The molecule has 1 fully saturated rings. The number of nitro groups is 1. The number of amides is 4. The molecular formula is C20H17N3O6. The van der Waals surface area contributed by atoms with E-state index in [-0.39, 0.29) is 16.9 Å². The first-order chi connectivity index (χ1) is 13.9. The molecule has 9 heteroatoms. The highest BCUT2D eigenvalue weighted by Gasteiger charge is 2.37. The molecule has 4 amide bonds. The summed E-state index contributed by atoms with van der Waals surface area (Å²) in [5, 5.41) is 12.9. The average molecular weight is 395 g/mol. The van der Waals surface area contributed by atoms with Gasteiger partial charge in [0.15, 0.2) is 0 Å². The third-order valence-electron chi connectivity index (χ3n) is 4.10. The standard InChI is InChI=1S/C20H17N3O6/c1-2-11-29-17-6-4-3-5-13(17)12-16-18(24)21-20(26)22(19(16)25)14-7-9-15(10-8-14)23(27)28/h3-10,12H,2,11H2,1H3,(H,21,24,26)/b16-12+. The van der Waals surface area contributed by atoms with Crippen LogP contribution in [0.25, 0.3) is 6.08 Å². The Bertz CT molecular complexity index is 1010. The van der Waals surface area contributed by atoms with Crippen LogP contribution < -0.4 is 15.0 Å². The van der Waals surface area contributed by atoms with Crippen molar-refractivity contribution in [3.8, 4) is 5.75 Å². The van der Waals surface area contributed by atoms with E-state index in [1.807, 2.05) is 6.92 Å². The van der Waals surface area contributed by atoms with Gasteiger partial charge in [0.25, 0.3) is 17.5 Å². The molecule has 2 aromatic rings. The number of imide groups is 2. The molecule has 148 valence electrons. The van der Waals surface area contributed by atoms with Gasteiger partial charge in [0.05, 0.1) is 17.2 Å². The Morgan fingerprint density at radius 1 is 1.10 bits per heavy atom. The van der Waals surface area contributed by atoms with Gasteiger partial charge in [-0.15, -0.1) is 0 Å². The number of ether oxygens (including phenoxy) is 1. The highest BCUT2D eigenvalue weighted by molar-refractivity contribution is 6.39. The summed E-state index contributed by atoms with van der Waals surface area (Å²) in [6.45, 7) is 2.42. The van der Waals surface area contributed by atoms with Crippen LogP contribution in [0.3, 0.4) is 0 Å². The predicted molar refractivity (Wildman–Crippen MR) is 104 cm³/mol. The van der Waals surface area contributed by atoms with Gasteiger partial charge in [0.1, 0.15) is 11.3 Å². The van der Waals surface area contributed by atoms with E-state index in [1.165, 1.54) is 30.3 Å². The second-order valence-electron chi connectivity index (χ2n) is 6.12. The molecule has 1 N–H and O–H groups in total. The molecule has 0 unspecified atom stereocenters. The molecule has 0 bridgehead atoms. The largest absolute Gasteiger partial charge is 0.493 e. The number of rotatable bonds is 6. The molecular weight excluding hydrogens is 378 g/mol. The van der Waals surface area contributed by atoms with Gasteiger partial charge in [-0.05, 0) is 30.7 Å². The zero-order valence-electron chi connectivity index (χ0n) is 15.5. The summed E-state index contributed by atoms with van der Waals surface area (Å²) < 4.78 is 5.63. The number of anilines is 1. The Hall–Kier alpha value is -4.01. The van der Waals surface area contributed by atoms with Crippen LogP contribution in [0.15, 0.2) is 54.1 Å². The van der Waals surface area contributed by atoms with Crippen molar-refractivity contribution in [2.75, 3.05) is 11.5 Å². The monoisotopic (exact) mass is 395 g/mol. The molecule has 29 heavy (non-hydrogen) atoms. The number of nitro benzene ring substituents is 1. The summed E-state index contributed by atoms with van der Waals surface area (Å²) in [6.07, 6.45) is 2.14. The Morgan fingerprint density at radius 2 is 1.79 bits per heavy atom. The first-order valence-corrected chi connectivity index (χ1v) is 8.80. The van der Waals surface area contributed by atoms with Crippen molar-refractivity contribution >= 4 is 35.3 Å². The van der Waals surface area contributed by atoms with Crippen LogP contribution in [0.4, 0.5) is 16.2 Å². The molecule has 0 saturated carbocycles. The number of nitrogens with zero attached hydrogens (tertiary/aromatic N) is 2. The van der Waals surface area contributed by atoms with Gasteiger partial charge >= 0.3 is 6.03 Å². The molecule has 2 aromatic carbocycles. The van der Waals surface area contributed by atoms with E-state index in [1.54, 1.807) is 24.3 Å². The molecule has 1 aliphatic heterocycles. The maximum absolute atomic E-state index is 12.9. The van der Waals surface area contributed by atoms with Crippen LogP contribution in [0.2, 0.25) is 0 Å². The van der Waals surface area contributed by atoms with Gasteiger partial charge in [-0.25, -0.2) is 9.69 Å². The molecule has 0 atom stereocenters. The lowest BCUT2D eigenvalue weighted by atomic mass is 10.1. The molecule has 1 aliphatic rings. The van der Waals surface area contributed by atoms with Gasteiger partial charge < -0.3 is 4.74 Å². The van der Waals surface area contributed by atoms with Gasteiger partial charge in [-0.1, -0.05) is 25.1 Å². The third-order valence-corrected chi connectivity index (χ3v) is 4.10. The Kier molecular flexibility index (Phi) is 5.68. The number of hydrogen-bond donors (Lipinski definition) is 1. The minimum absolute atomic E-state index is 0.104. The second-order valence-corrected chi connectivity index (χ2v) is 6.12. The first-order valence-electron chi connectivity index (χ1n) is 8.80. The smallest absolute Gasteiger partial charge is 0.335 e. The summed E-state index contributed by atoms with van der Waals surface area (Å²) in [5.41, 5.74) is 0.174. The van der Waals surface area contributed by atoms with Crippen molar-refractivity contribution in [3.05, 3.63) is 69.8 Å². The fraction of sp³-hybridized carbons (Fsp3) is 0.150. The lowest BCUT2D eigenvalue weighted by Crippen LogP contribution is -2.54. The quantitative estimate of drug-likeness (QED) is 0.347. The highest BCUT2D eigenvalue weighted by Crippen LogP contribution is 2.26. The molecule has 0 spiro atoms. The van der Waals surface area contributed by atoms with Crippen LogP contribution in [0, 0.1) is 10.1 Å². The van der Waals surface area contributed by atoms with E-state index in [2.05, 4.69) is 5.32 Å². The maximum atomic E-state index is 12.9. The fourth-order valence-electron chi connectivity index (χ4n) is 2.71. The van der Waals surface area contributed by atoms with E-state index >= 15 is 0 Å². The predicted octanol–water partition coefficient (Wildman–Crippen LogP) is 3.05. The topological polar surface area (TPSA) is 119 Å². The van der Waals surface area contributed by atoms with Crippen LogP contribution in [-0.2, 0) is 9.59 Å². The van der Waals surface area contributed by atoms with E-state index in [4.69, 9.17) is 4.74 Å². The minimum Gasteiger partial charge on any atom is -0.493 e. The van der Waals surface area contributed by atoms with Gasteiger partial charge in [0, 0.05) is 17.7 Å². The SMILES string of the molecule is CCCOc1ccccc1/C=C1\C(=O)NC(=O)N(c2ccc([N+](=O)[O-])cc2)C1=O. The summed E-state index contributed by atoms with van der Waals surface area (Å²) in [4.78, 5) is 48.4. The molecule has 1 heterocycles. The molecule has 9 nitrogen and oxygen atoms in total. The lowest BCUT2D eigenvalue weighted by molar-refractivity contribution is -0.384. The molecule has 0 aliphatic carbocycles. The van der Waals surface area contributed by atoms with Crippen molar-refractivity contribution in [1.29, 1.82) is 0 Å². The summed E-state index contributed by atoms with van der Waals surface area (Å²) in [5.74, 6) is -1.16. The van der Waals surface area contributed by atoms with Gasteiger partial charge in [0.2, 0.25) is 0 Å². The minimum atomic E-state index is -0.929. The zero-order valence-corrected chi connectivity index (χ0v) is 15.5. The van der Waals surface area contributed by atoms with Crippen molar-refractivity contribution in [2.24, 2.45) is 0 Å². The normalized spacial score (nSPS) is 15.4. The second kappa shape index (κ2) is 8.34. The van der Waals surface area contributed by atoms with Crippen molar-refractivity contribution in [1.82, 2.24) is 5.32 Å². The number of hydrogen-bond acceptors (Lipinski definition) is 6. The Balaban J connectivity index is 1.97. The number of carbonyl (C=O) groups is 3. The number of benzene rings is 2. The Labute approximate surface area is 165 Å². The maximum Gasteiger partial charge on any atom is 0.335 e. The van der Waals surface area contributed by atoms with Gasteiger partial charge in [-0.2, -0.15) is 0 Å². The fourth-order valence-corrected chi connectivity index (χ4v) is 2.71. The lowest BCUT2D eigenvalue weighted by Gasteiger charge is -2.26. The number of non-ortho nitro benzene ring substituents is 1. The number of urea groups is 1. The van der Waals surface area contributed by atoms with E-state index in [0.717, 1.165) is 11.3 Å². The number of carbonyl (C=O) groups excluding carboxylic acids is 3. The summed E-state index contributed by atoms with van der Waals surface area (Å²) in [7, 11) is 0. The molecule has 1 saturated heterocycles. The van der Waals surface area contributed by atoms with E-state index < -0.39 is 22.8 Å². The third kappa shape index (κ3) is 4.13. The highest BCUT2D eigenvalue weighted by atomic mass is 16.6. The number of barbiturate groups is 1. The van der Waals surface area contributed by atoms with Crippen LogP contribution in [-0.4, -0.2) is 29.4 Å². The summed E-state index contributed by atoms with van der Waals surface area (Å²) >= 11 is 0. The zero-order chi connectivity index (χ0) is 21.0. The van der Waals surface area contributed by atoms with Crippen molar-refractivity contribution < 1.29 is 24.0 Å². The van der Waals surface area contributed by atoms with E-state index in [9.17, 15) is 24.5 Å². The first kappa shape index (κ1) is 19.7. The number of nitrogens with one attached hydrogen (secondary N) is 1. The van der Waals surface area contributed by atoms with Crippen LogP contribution >= 0.6 is 0 Å². The average Bonchev–Trinajstić information content (AvgIpc) is 2.70. The molecule has 0 aromatic heterocycles. The van der Waals surface area contributed by atoms with Crippen molar-refractivity contribution in [2.45, 2.75) is 13.3 Å². The van der Waals surface area contributed by atoms with Crippen molar-refractivity contribution in [3.63, 3.8) is 0 Å². The van der Waals surface area contributed by atoms with Crippen LogP contribution in [0.1, 0.15) is 18.9 Å².